The van der Waals surface area contributed by atoms with Gasteiger partial charge in [-0.3, -0.25) is 0 Å². The zero-order chi connectivity index (χ0) is 15.9. The maximum Gasteiger partial charge on any atom is 0.407 e. The number of aliphatic hydroxyl groups is 1. The molecule has 118 valence electrons. The van der Waals surface area contributed by atoms with E-state index < -0.39 is 6.09 Å². The third-order valence-corrected chi connectivity index (χ3v) is 4.65. The number of halogens is 2. The first kappa shape index (κ1) is 15.5. The van der Waals surface area contributed by atoms with E-state index in [1.54, 1.807) is 6.07 Å². The molecule has 5 nitrogen and oxygen atoms in total. The average Bonchev–Trinajstić information content (AvgIpc) is 2.61. The molecule has 1 aliphatic rings. The van der Waals surface area contributed by atoms with Crippen molar-refractivity contribution in [2.24, 2.45) is 0 Å². The van der Waals surface area contributed by atoms with Crippen LogP contribution in [0.2, 0.25) is 10.0 Å². The number of aliphatic hydroxyl groups excluding tert-OH is 1. The van der Waals surface area contributed by atoms with Crippen LogP contribution >= 0.6 is 23.2 Å². The molecular formula is C15H16Cl2N2O3. The standard InChI is InChI=1S/C15H16Cl2N2O3/c16-9-7-11-10-1-3-18(15(21)22)4-2-13(10)19(5-6-20)14(11)12(17)8-9/h7-8,20H,1-6H2,(H,21,22). The van der Waals surface area contributed by atoms with E-state index in [1.807, 2.05) is 10.6 Å². The van der Waals surface area contributed by atoms with Crippen molar-refractivity contribution in [2.75, 3.05) is 19.7 Å². The highest BCUT2D eigenvalue weighted by atomic mass is 35.5. The van der Waals surface area contributed by atoms with Gasteiger partial charge >= 0.3 is 6.09 Å². The molecule has 0 unspecified atom stereocenters. The predicted molar refractivity (Wildman–Crippen MR) is 86.0 cm³/mol. The van der Waals surface area contributed by atoms with E-state index in [9.17, 15) is 15.0 Å². The molecule has 0 spiro atoms. The Morgan fingerprint density at radius 1 is 1.23 bits per heavy atom. The molecule has 2 N–H and O–H groups in total. The van der Waals surface area contributed by atoms with Crippen LogP contribution in [0.4, 0.5) is 4.79 Å². The van der Waals surface area contributed by atoms with Gasteiger partial charge in [0.05, 0.1) is 17.1 Å². The minimum absolute atomic E-state index is 0.00216. The Labute approximate surface area is 137 Å². The van der Waals surface area contributed by atoms with Gasteiger partial charge in [0.15, 0.2) is 0 Å². The fraction of sp³-hybridized carbons (Fsp3) is 0.400. The van der Waals surface area contributed by atoms with Crippen molar-refractivity contribution in [2.45, 2.75) is 19.4 Å². The number of hydrogen-bond acceptors (Lipinski definition) is 2. The summed E-state index contributed by atoms with van der Waals surface area (Å²) in [5.74, 6) is 0. The summed E-state index contributed by atoms with van der Waals surface area (Å²) in [5, 5.41) is 20.6. The van der Waals surface area contributed by atoms with Crippen LogP contribution in [-0.4, -0.2) is 45.5 Å². The highest BCUT2D eigenvalue weighted by molar-refractivity contribution is 6.38. The minimum atomic E-state index is -0.903. The molecule has 7 heteroatoms. The molecule has 1 aromatic heterocycles. The summed E-state index contributed by atoms with van der Waals surface area (Å²) < 4.78 is 1.99. The van der Waals surface area contributed by atoms with E-state index in [0.29, 0.717) is 42.5 Å². The summed E-state index contributed by atoms with van der Waals surface area (Å²) in [4.78, 5) is 12.6. The first-order chi connectivity index (χ1) is 10.5. The lowest BCUT2D eigenvalue weighted by molar-refractivity contribution is 0.147. The summed E-state index contributed by atoms with van der Waals surface area (Å²) in [7, 11) is 0. The molecule has 0 aliphatic carbocycles. The molecule has 0 bridgehead atoms. The van der Waals surface area contributed by atoms with Crippen molar-refractivity contribution in [3.05, 3.63) is 33.4 Å². The van der Waals surface area contributed by atoms with Crippen LogP contribution in [0.1, 0.15) is 11.3 Å². The minimum Gasteiger partial charge on any atom is -0.465 e. The van der Waals surface area contributed by atoms with Gasteiger partial charge in [-0.15, -0.1) is 0 Å². The summed E-state index contributed by atoms with van der Waals surface area (Å²) in [6.45, 7) is 1.32. The van der Waals surface area contributed by atoms with Crippen molar-refractivity contribution in [1.82, 2.24) is 9.47 Å². The Kier molecular flexibility index (Phi) is 4.21. The average molecular weight is 343 g/mol. The molecule has 1 amide bonds. The number of rotatable bonds is 2. The van der Waals surface area contributed by atoms with Gasteiger partial charge in [0, 0.05) is 42.2 Å². The second-order valence-electron chi connectivity index (χ2n) is 5.35. The monoisotopic (exact) mass is 342 g/mol. The first-order valence-corrected chi connectivity index (χ1v) is 7.86. The maximum absolute atomic E-state index is 11.2. The first-order valence-electron chi connectivity index (χ1n) is 7.10. The Hall–Kier alpha value is -1.43. The number of amides is 1. The zero-order valence-corrected chi connectivity index (χ0v) is 13.4. The second kappa shape index (κ2) is 5.99. The van der Waals surface area contributed by atoms with Crippen LogP contribution in [-0.2, 0) is 19.4 Å². The largest absolute Gasteiger partial charge is 0.465 e. The molecule has 0 saturated heterocycles. The van der Waals surface area contributed by atoms with Crippen LogP contribution in [0.25, 0.3) is 10.9 Å². The number of carboxylic acid groups (broad SMARTS) is 1. The van der Waals surface area contributed by atoms with Crippen molar-refractivity contribution >= 4 is 40.2 Å². The van der Waals surface area contributed by atoms with Gasteiger partial charge in [0.2, 0.25) is 0 Å². The Balaban J connectivity index is 2.18. The normalized spacial score (nSPS) is 15.0. The third kappa shape index (κ3) is 2.53. The van der Waals surface area contributed by atoms with Crippen LogP contribution in [0.3, 0.4) is 0 Å². The van der Waals surface area contributed by atoms with Gasteiger partial charge in [0.1, 0.15) is 0 Å². The van der Waals surface area contributed by atoms with Crippen LogP contribution < -0.4 is 0 Å². The fourth-order valence-corrected chi connectivity index (χ4v) is 3.82. The Morgan fingerprint density at radius 2 is 1.95 bits per heavy atom. The van der Waals surface area contributed by atoms with Crippen molar-refractivity contribution < 1.29 is 15.0 Å². The maximum atomic E-state index is 11.2. The van der Waals surface area contributed by atoms with E-state index in [-0.39, 0.29) is 6.61 Å². The smallest absolute Gasteiger partial charge is 0.407 e. The molecule has 22 heavy (non-hydrogen) atoms. The topological polar surface area (TPSA) is 65.7 Å². The quantitative estimate of drug-likeness (QED) is 0.881. The van der Waals surface area contributed by atoms with Crippen LogP contribution in [0, 0.1) is 0 Å². The van der Waals surface area contributed by atoms with Crippen molar-refractivity contribution in [3.63, 3.8) is 0 Å². The van der Waals surface area contributed by atoms with Gasteiger partial charge in [-0.05, 0) is 24.1 Å². The molecule has 2 aromatic rings. The van der Waals surface area contributed by atoms with Crippen LogP contribution in [0.15, 0.2) is 12.1 Å². The highest BCUT2D eigenvalue weighted by Gasteiger charge is 2.24. The van der Waals surface area contributed by atoms with Gasteiger partial charge < -0.3 is 19.7 Å². The SMILES string of the molecule is O=C(O)N1CCc2c(n(CCO)c3c(Cl)cc(Cl)cc23)CC1. The van der Waals surface area contributed by atoms with E-state index in [0.717, 1.165) is 22.2 Å². The predicted octanol–water partition coefficient (Wildman–Crippen LogP) is 3.02. The van der Waals surface area contributed by atoms with Gasteiger partial charge in [-0.2, -0.15) is 0 Å². The highest BCUT2D eigenvalue weighted by Crippen LogP contribution is 2.36. The molecule has 0 radical (unpaired) electrons. The molecule has 1 aromatic carbocycles. The third-order valence-electron chi connectivity index (χ3n) is 4.14. The van der Waals surface area contributed by atoms with Gasteiger partial charge in [-0.1, -0.05) is 23.2 Å². The Bertz CT molecular complexity index is 742. The van der Waals surface area contributed by atoms with Crippen molar-refractivity contribution in [1.29, 1.82) is 0 Å². The summed E-state index contributed by atoms with van der Waals surface area (Å²) in [6, 6.07) is 3.56. The number of fused-ring (bicyclic) bond motifs is 3. The zero-order valence-electron chi connectivity index (χ0n) is 11.9. The second-order valence-corrected chi connectivity index (χ2v) is 6.20. The van der Waals surface area contributed by atoms with E-state index in [4.69, 9.17) is 23.2 Å². The molecule has 0 atom stereocenters. The molecule has 3 rings (SSSR count). The Morgan fingerprint density at radius 3 is 2.64 bits per heavy atom. The lowest BCUT2D eigenvalue weighted by atomic mass is 10.1. The summed E-state index contributed by atoms with van der Waals surface area (Å²) in [6.07, 6.45) is 0.316. The van der Waals surface area contributed by atoms with Gasteiger partial charge in [0.25, 0.3) is 0 Å². The molecular weight excluding hydrogens is 327 g/mol. The molecule has 1 aliphatic heterocycles. The van der Waals surface area contributed by atoms with E-state index in [2.05, 4.69) is 0 Å². The van der Waals surface area contributed by atoms with E-state index >= 15 is 0 Å². The molecule has 0 saturated carbocycles. The lowest BCUT2D eigenvalue weighted by Gasteiger charge is -2.16. The van der Waals surface area contributed by atoms with E-state index in [1.165, 1.54) is 4.90 Å². The van der Waals surface area contributed by atoms with Crippen molar-refractivity contribution in [3.8, 4) is 0 Å². The van der Waals surface area contributed by atoms with Crippen LogP contribution in [0.5, 0.6) is 0 Å². The molecule has 0 fully saturated rings. The van der Waals surface area contributed by atoms with Gasteiger partial charge in [-0.25, -0.2) is 4.79 Å². The number of carbonyl (C=O) groups is 1. The lowest BCUT2D eigenvalue weighted by Crippen LogP contribution is -2.31. The number of benzene rings is 1. The molecule has 2 heterocycles. The number of aromatic nitrogens is 1. The fourth-order valence-electron chi connectivity index (χ4n) is 3.23. The summed E-state index contributed by atoms with van der Waals surface area (Å²) >= 11 is 12.5. The summed E-state index contributed by atoms with van der Waals surface area (Å²) in [5.41, 5.74) is 2.99. The number of hydrogen-bond donors (Lipinski definition) is 2. The number of nitrogens with zero attached hydrogens (tertiary/aromatic N) is 2.